The standard InChI is InChI=1S/C25H31N5O/c1-15-10-17(3)28-24(26)22(15)14-30(7)25(31)21-11-20(12-23(18(21)4)29(5)6)19-9-8-16(2)27-13-19/h8-13H,14H2,1-7H3,(H2,26,28). The summed E-state index contributed by atoms with van der Waals surface area (Å²) in [5, 5.41) is 0. The van der Waals surface area contributed by atoms with Gasteiger partial charge in [0.1, 0.15) is 5.82 Å². The number of nitrogen functional groups attached to an aromatic ring is 1. The molecule has 0 fully saturated rings. The average Bonchev–Trinajstić information content (AvgIpc) is 2.70. The molecule has 0 saturated heterocycles. The van der Waals surface area contributed by atoms with Gasteiger partial charge in [0.2, 0.25) is 0 Å². The lowest BCUT2D eigenvalue weighted by atomic mass is 9.97. The maximum absolute atomic E-state index is 13.5. The molecule has 6 nitrogen and oxygen atoms in total. The van der Waals surface area contributed by atoms with E-state index in [1.165, 1.54) is 0 Å². The van der Waals surface area contributed by atoms with E-state index in [1.54, 1.807) is 11.9 Å². The lowest BCUT2D eigenvalue weighted by molar-refractivity contribution is 0.0784. The van der Waals surface area contributed by atoms with Crippen LogP contribution in [-0.4, -0.2) is 41.9 Å². The maximum Gasteiger partial charge on any atom is 0.254 e. The first kappa shape index (κ1) is 22.3. The molecule has 3 rings (SSSR count). The molecule has 0 radical (unpaired) electrons. The number of hydrogen-bond donors (Lipinski definition) is 1. The predicted molar refractivity (Wildman–Crippen MR) is 127 cm³/mol. The zero-order valence-corrected chi connectivity index (χ0v) is 19.4. The fourth-order valence-corrected chi connectivity index (χ4v) is 3.80. The lowest BCUT2D eigenvalue weighted by Crippen LogP contribution is -2.28. The summed E-state index contributed by atoms with van der Waals surface area (Å²) in [6.07, 6.45) is 1.85. The van der Waals surface area contributed by atoms with Crippen molar-refractivity contribution in [3.05, 3.63) is 70.2 Å². The van der Waals surface area contributed by atoms with E-state index < -0.39 is 0 Å². The molecule has 3 aromatic rings. The number of hydrogen-bond acceptors (Lipinski definition) is 5. The number of aromatic nitrogens is 2. The Balaban J connectivity index is 2.02. The smallest absolute Gasteiger partial charge is 0.254 e. The molecule has 0 spiro atoms. The molecular formula is C25H31N5O. The minimum atomic E-state index is -0.0538. The number of benzene rings is 1. The third-order valence-electron chi connectivity index (χ3n) is 5.59. The third-order valence-corrected chi connectivity index (χ3v) is 5.59. The van der Waals surface area contributed by atoms with E-state index in [0.29, 0.717) is 17.9 Å². The Morgan fingerprint density at radius 3 is 2.26 bits per heavy atom. The van der Waals surface area contributed by atoms with Gasteiger partial charge in [-0.1, -0.05) is 6.07 Å². The van der Waals surface area contributed by atoms with E-state index in [1.807, 2.05) is 77.2 Å². The summed E-state index contributed by atoms with van der Waals surface area (Å²) in [5.41, 5.74) is 14.5. The number of anilines is 2. The molecule has 0 saturated carbocycles. The molecule has 2 heterocycles. The van der Waals surface area contributed by atoms with E-state index in [2.05, 4.69) is 16.0 Å². The van der Waals surface area contributed by atoms with Crippen molar-refractivity contribution in [3.63, 3.8) is 0 Å². The predicted octanol–water partition coefficient (Wildman–Crippen LogP) is 4.30. The van der Waals surface area contributed by atoms with Crippen molar-refractivity contribution in [1.82, 2.24) is 14.9 Å². The topological polar surface area (TPSA) is 75.3 Å². The molecular weight excluding hydrogens is 386 g/mol. The summed E-state index contributed by atoms with van der Waals surface area (Å²) in [5.74, 6) is 0.421. The Morgan fingerprint density at radius 2 is 1.68 bits per heavy atom. The van der Waals surface area contributed by atoms with Crippen molar-refractivity contribution < 1.29 is 4.79 Å². The molecule has 1 aromatic carbocycles. The Bertz CT molecular complexity index is 1100. The summed E-state index contributed by atoms with van der Waals surface area (Å²) in [7, 11) is 5.77. The number of pyridine rings is 2. The van der Waals surface area contributed by atoms with Crippen molar-refractivity contribution >= 4 is 17.4 Å². The van der Waals surface area contributed by atoms with Crippen LogP contribution in [0, 0.1) is 27.7 Å². The zero-order chi connectivity index (χ0) is 22.9. The number of carbonyl (C=O) groups is 1. The minimum Gasteiger partial charge on any atom is -0.383 e. The van der Waals surface area contributed by atoms with Gasteiger partial charge in [0.05, 0.1) is 0 Å². The first-order chi connectivity index (χ1) is 14.6. The van der Waals surface area contributed by atoms with Gasteiger partial charge in [-0.15, -0.1) is 0 Å². The highest BCUT2D eigenvalue weighted by molar-refractivity contribution is 5.98. The second-order valence-electron chi connectivity index (χ2n) is 8.36. The number of rotatable bonds is 5. The molecule has 1 amide bonds. The summed E-state index contributed by atoms with van der Waals surface area (Å²) in [6.45, 7) is 8.26. The van der Waals surface area contributed by atoms with Gasteiger partial charge in [-0.3, -0.25) is 9.78 Å². The van der Waals surface area contributed by atoms with Crippen molar-refractivity contribution in [2.45, 2.75) is 34.2 Å². The Kier molecular flexibility index (Phi) is 6.29. The first-order valence-electron chi connectivity index (χ1n) is 10.3. The molecule has 0 atom stereocenters. The monoisotopic (exact) mass is 417 g/mol. The molecule has 0 unspecified atom stereocenters. The molecule has 0 aliphatic heterocycles. The normalized spacial score (nSPS) is 10.8. The summed E-state index contributed by atoms with van der Waals surface area (Å²) in [4.78, 5) is 26.0. The van der Waals surface area contributed by atoms with E-state index in [0.717, 1.165) is 44.9 Å². The van der Waals surface area contributed by atoms with Crippen LogP contribution in [0.4, 0.5) is 11.5 Å². The highest BCUT2D eigenvalue weighted by Gasteiger charge is 2.20. The number of nitrogens with zero attached hydrogens (tertiary/aromatic N) is 4. The fraction of sp³-hybridized carbons (Fsp3) is 0.320. The first-order valence-corrected chi connectivity index (χ1v) is 10.3. The zero-order valence-electron chi connectivity index (χ0n) is 19.4. The Labute approximate surface area is 184 Å². The summed E-state index contributed by atoms with van der Waals surface area (Å²) < 4.78 is 0. The molecule has 31 heavy (non-hydrogen) atoms. The van der Waals surface area contributed by atoms with Crippen molar-refractivity contribution in [1.29, 1.82) is 0 Å². The van der Waals surface area contributed by atoms with Crippen LogP contribution in [0.5, 0.6) is 0 Å². The van der Waals surface area contributed by atoms with E-state index >= 15 is 0 Å². The number of amides is 1. The van der Waals surface area contributed by atoms with Crippen LogP contribution in [-0.2, 0) is 6.54 Å². The van der Waals surface area contributed by atoms with E-state index in [9.17, 15) is 4.79 Å². The maximum atomic E-state index is 13.5. The van der Waals surface area contributed by atoms with Crippen molar-refractivity contribution in [3.8, 4) is 11.1 Å². The Morgan fingerprint density at radius 1 is 0.968 bits per heavy atom. The second kappa shape index (κ2) is 8.76. The van der Waals surface area contributed by atoms with Gasteiger partial charge in [0, 0.05) is 67.7 Å². The van der Waals surface area contributed by atoms with Gasteiger partial charge >= 0.3 is 0 Å². The van der Waals surface area contributed by atoms with Crippen molar-refractivity contribution in [2.24, 2.45) is 0 Å². The highest BCUT2D eigenvalue weighted by atomic mass is 16.2. The third kappa shape index (κ3) is 4.68. The van der Waals surface area contributed by atoms with Crippen LogP contribution in [0.25, 0.3) is 11.1 Å². The fourth-order valence-electron chi connectivity index (χ4n) is 3.80. The van der Waals surface area contributed by atoms with Crippen LogP contribution in [0.15, 0.2) is 36.5 Å². The lowest BCUT2D eigenvalue weighted by Gasteiger charge is -2.24. The van der Waals surface area contributed by atoms with Crippen LogP contribution < -0.4 is 10.6 Å². The number of carbonyl (C=O) groups excluding carboxylic acids is 1. The van der Waals surface area contributed by atoms with Gasteiger partial charge in [-0.05, 0) is 68.7 Å². The second-order valence-corrected chi connectivity index (χ2v) is 8.36. The summed E-state index contributed by atoms with van der Waals surface area (Å²) in [6, 6.07) is 10.1. The van der Waals surface area contributed by atoms with E-state index in [-0.39, 0.29) is 5.91 Å². The molecule has 6 heteroatoms. The molecule has 0 aliphatic rings. The quantitative estimate of drug-likeness (QED) is 0.670. The molecule has 162 valence electrons. The van der Waals surface area contributed by atoms with Gasteiger partial charge < -0.3 is 15.5 Å². The van der Waals surface area contributed by atoms with Gasteiger partial charge in [0.15, 0.2) is 0 Å². The van der Waals surface area contributed by atoms with Crippen LogP contribution in [0.3, 0.4) is 0 Å². The van der Waals surface area contributed by atoms with E-state index in [4.69, 9.17) is 5.73 Å². The van der Waals surface area contributed by atoms with Gasteiger partial charge in [-0.25, -0.2) is 4.98 Å². The number of nitrogens with two attached hydrogens (primary N) is 1. The molecule has 0 bridgehead atoms. The SMILES string of the molecule is Cc1ccc(-c2cc(C(=O)N(C)Cc3c(C)cc(C)nc3N)c(C)c(N(C)C)c2)cn1. The minimum absolute atomic E-state index is 0.0538. The van der Waals surface area contributed by atoms with Crippen LogP contribution in [0.2, 0.25) is 0 Å². The van der Waals surface area contributed by atoms with Crippen LogP contribution >= 0.6 is 0 Å². The van der Waals surface area contributed by atoms with Gasteiger partial charge in [-0.2, -0.15) is 0 Å². The molecule has 2 N–H and O–H groups in total. The highest BCUT2D eigenvalue weighted by Crippen LogP contribution is 2.31. The van der Waals surface area contributed by atoms with Crippen LogP contribution in [0.1, 0.15) is 38.4 Å². The Hall–Kier alpha value is -3.41. The largest absolute Gasteiger partial charge is 0.383 e. The summed E-state index contributed by atoms with van der Waals surface area (Å²) >= 11 is 0. The number of aryl methyl sites for hydroxylation is 3. The average molecular weight is 418 g/mol. The van der Waals surface area contributed by atoms with Crippen molar-refractivity contribution in [2.75, 3.05) is 31.8 Å². The molecule has 2 aromatic heterocycles. The molecule has 0 aliphatic carbocycles. The van der Waals surface area contributed by atoms with Gasteiger partial charge in [0.25, 0.3) is 5.91 Å².